The summed E-state index contributed by atoms with van der Waals surface area (Å²) < 4.78 is 41.9. The van der Waals surface area contributed by atoms with Gasteiger partial charge in [0, 0.05) is 5.56 Å². The van der Waals surface area contributed by atoms with E-state index < -0.39 is 17.5 Å². The number of aromatic nitrogens is 2. The van der Waals surface area contributed by atoms with Gasteiger partial charge in [0.05, 0.1) is 0 Å². The molecule has 0 N–H and O–H groups in total. The third-order valence-electron chi connectivity index (χ3n) is 1.63. The lowest BCUT2D eigenvalue weighted by Gasteiger charge is -1.98. The molecule has 0 fully saturated rings. The number of rotatable bonds is 1. The lowest BCUT2D eigenvalue weighted by atomic mass is 10.2. The van der Waals surface area contributed by atoms with E-state index in [1.807, 2.05) is 0 Å². The molecule has 0 bridgehead atoms. The molecule has 0 atom stereocenters. The second kappa shape index (κ2) is 3.79. The fraction of sp³-hybridized carbons (Fsp3) is 0. The van der Waals surface area contributed by atoms with Gasteiger partial charge in [0.15, 0.2) is 17.5 Å². The van der Waals surface area contributed by atoms with Crippen molar-refractivity contribution in [3.63, 3.8) is 0 Å². The smallest absolute Gasteiger partial charge is 0.205 e. The molecule has 1 aromatic carbocycles. The minimum absolute atomic E-state index is 0.0138. The molecular weight excluding hydrogens is 249 g/mol. The molecule has 0 radical (unpaired) electrons. The van der Waals surface area contributed by atoms with Crippen LogP contribution in [0.15, 0.2) is 12.1 Å². The third kappa shape index (κ3) is 1.95. The summed E-state index contributed by atoms with van der Waals surface area (Å²) in [6, 6.07) is 1.69. The van der Waals surface area contributed by atoms with Crippen LogP contribution in [0.1, 0.15) is 0 Å². The zero-order chi connectivity index (χ0) is 11.0. The largest absolute Gasteiger partial charge is 0.234 e. The SMILES string of the molecule is Fc1cc(-c2nc(Cl)ns2)cc(F)c1F. The van der Waals surface area contributed by atoms with Gasteiger partial charge in [-0.25, -0.2) is 18.2 Å². The molecule has 1 heterocycles. The second-order valence-corrected chi connectivity index (χ2v) is 3.71. The van der Waals surface area contributed by atoms with Crippen molar-refractivity contribution in [2.45, 2.75) is 0 Å². The molecule has 0 unspecified atom stereocenters. The van der Waals surface area contributed by atoms with Crippen LogP contribution in [0.5, 0.6) is 0 Å². The van der Waals surface area contributed by atoms with Gasteiger partial charge < -0.3 is 0 Å². The number of hydrogen-bond acceptors (Lipinski definition) is 3. The first-order valence-corrected chi connectivity index (χ1v) is 4.87. The van der Waals surface area contributed by atoms with Crippen LogP contribution in [0.4, 0.5) is 13.2 Å². The maximum absolute atomic E-state index is 12.8. The summed E-state index contributed by atoms with van der Waals surface area (Å²) in [4.78, 5) is 3.71. The van der Waals surface area contributed by atoms with Gasteiger partial charge in [-0.1, -0.05) is 0 Å². The van der Waals surface area contributed by atoms with Crippen LogP contribution < -0.4 is 0 Å². The Morgan fingerprint density at radius 2 is 1.73 bits per heavy atom. The first-order chi connectivity index (χ1) is 7.08. The van der Waals surface area contributed by atoms with E-state index in [2.05, 4.69) is 9.36 Å². The highest BCUT2D eigenvalue weighted by Gasteiger charge is 2.13. The van der Waals surface area contributed by atoms with E-state index in [4.69, 9.17) is 11.6 Å². The van der Waals surface area contributed by atoms with Gasteiger partial charge in [-0.15, -0.1) is 0 Å². The molecule has 0 amide bonds. The number of halogens is 4. The zero-order valence-electron chi connectivity index (χ0n) is 6.97. The Labute approximate surface area is 91.5 Å². The molecule has 2 aromatic rings. The van der Waals surface area contributed by atoms with Crippen molar-refractivity contribution in [1.82, 2.24) is 9.36 Å². The van der Waals surface area contributed by atoms with Gasteiger partial charge in [0.1, 0.15) is 5.01 Å². The molecule has 7 heteroatoms. The van der Waals surface area contributed by atoms with E-state index >= 15 is 0 Å². The predicted molar refractivity (Wildman–Crippen MR) is 50.2 cm³/mol. The van der Waals surface area contributed by atoms with E-state index in [0.29, 0.717) is 0 Å². The number of nitrogens with zero attached hydrogens (tertiary/aromatic N) is 2. The van der Waals surface area contributed by atoms with Crippen LogP contribution in [-0.4, -0.2) is 9.36 Å². The molecule has 78 valence electrons. The van der Waals surface area contributed by atoms with Crippen LogP contribution in [0.2, 0.25) is 5.28 Å². The van der Waals surface area contributed by atoms with Crippen molar-refractivity contribution in [3.8, 4) is 10.6 Å². The van der Waals surface area contributed by atoms with Gasteiger partial charge in [0.2, 0.25) is 5.28 Å². The van der Waals surface area contributed by atoms with Crippen molar-refractivity contribution in [2.75, 3.05) is 0 Å². The van der Waals surface area contributed by atoms with Crippen molar-refractivity contribution in [1.29, 1.82) is 0 Å². The summed E-state index contributed by atoms with van der Waals surface area (Å²) in [6.07, 6.45) is 0. The lowest BCUT2D eigenvalue weighted by molar-refractivity contribution is 0.447. The van der Waals surface area contributed by atoms with Crippen molar-refractivity contribution >= 4 is 23.1 Å². The van der Waals surface area contributed by atoms with Gasteiger partial charge in [-0.2, -0.15) is 4.37 Å². The minimum atomic E-state index is -1.51. The highest BCUT2D eigenvalue weighted by Crippen LogP contribution is 2.26. The average molecular weight is 251 g/mol. The first-order valence-electron chi connectivity index (χ1n) is 3.72. The highest BCUT2D eigenvalue weighted by molar-refractivity contribution is 7.09. The summed E-state index contributed by atoms with van der Waals surface area (Å²) in [6.45, 7) is 0. The normalized spacial score (nSPS) is 10.7. The van der Waals surface area contributed by atoms with Crippen molar-refractivity contribution in [3.05, 3.63) is 34.9 Å². The van der Waals surface area contributed by atoms with E-state index in [-0.39, 0.29) is 15.9 Å². The van der Waals surface area contributed by atoms with E-state index in [0.717, 1.165) is 23.7 Å². The quantitative estimate of drug-likeness (QED) is 0.726. The van der Waals surface area contributed by atoms with Gasteiger partial charge in [0.25, 0.3) is 0 Å². The summed E-state index contributed by atoms with van der Waals surface area (Å²) in [7, 11) is 0. The van der Waals surface area contributed by atoms with Crippen LogP contribution in [-0.2, 0) is 0 Å². The maximum Gasteiger partial charge on any atom is 0.234 e. The Hall–Kier alpha value is -1.14. The number of benzene rings is 1. The van der Waals surface area contributed by atoms with Crippen molar-refractivity contribution in [2.24, 2.45) is 0 Å². The zero-order valence-corrected chi connectivity index (χ0v) is 8.54. The van der Waals surface area contributed by atoms with Crippen LogP contribution >= 0.6 is 23.1 Å². The fourth-order valence-corrected chi connectivity index (χ4v) is 1.79. The Balaban J connectivity index is 2.55. The molecular formula is C8H2ClF3N2S. The molecule has 0 aliphatic rings. The van der Waals surface area contributed by atoms with Gasteiger partial charge in [-0.05, 0) is 35.3 Å². The van der Waals surface area contributed by atoms with Crippen molar-refractivity contribution < 1.29 is 13.2 Å². The predicted octanol–water partition coefficient (Wildman–Crippen LogP) is 3.28. The maximum atomic E-state index is 12.8. The molecule has 2 rings (SSSR count). The van der Waals surface area contributed by atoms with Crippen LogP contribution in [0.3, 0.4) is 0 Å². The molecule has 15 heavy (non-hydrogen) atoms. The summed E-state index contributed by atoms with van der Waals surface area (Å²) >= 11 is 6.32. The summed E-state index contributed by atoms with van der Waals surface area (Å²) in [5.41, 5.74) is 0.107. The Kier molecular flexibility index (Phi) is 2.62. The molecule has 0 aliphatic carbocycles. The Morgan fingerprint density at radius 1 is 1.13 bits per heavy atom. The topological polar surface area (TPSA) is 25.8 Å². The first kappa shape index (κ1) is 10.4. The molecule has 1 aromatic heterocycles. The molecule has 0 saturated carbocycles. The van der Waals surface area contributed by atoms with E-state index in [9.17, 15) is 13.2 Å². The lowest BCUT2D eigenvalue weighted by Crippen LogP contribution is -1.91. The molecule has 0 saturated heterocycles. The highest BCUT2D eigenvalue weighted by atomic mass is 35.5. The third-order valence-corrected chi connectivity index (χ3v) is 2.67. The average Bonchev–Trinajstić information content (AvgIpc) is 2.60. The summed E-state index contributed by atoms with van der Waals surface area (Å²) in [5, 5.41) is 0.220. The van der Waals surface area contributed by atoms with Crippen LogP contribution in [0, 0.1) is 17.5 Å². The van der Waals surface area contributed by atoms with Gasteiger partial charge in [-0.3, -0.25) is 0 Å². The number of hydrogen-bond donors (Lipinski definition) is 0. The van der Waals surface area contributed by atoms with Gasteiger partial charge >= 0.3 is 0 Å². The van der Waals surface area contributed by atoms with Crippen LogP contribution in [0.25, 0.3) is 10.6 Å². The molecule has 2 nitrogen and oxygen atoms in total. The summed E-state index contributed by atoms with van der Waals surface area (Å²) in [5.74, 6) is -4.04. The standard InChI is InChI=1S/C8H2ClF3N2S/c9-8-13-7(15-14-8)3-1-4(10)6(12)5(11)2-3/h1-2H. The minimum Gasteiger partial charge on any atom is -0.205 e. The fourth-order valence-electron chi connectivity index (χ4n) is 1.00. The van der Waals surface area contributed by atoms with E-state index in [1.54, 1.807) is 0 Å². The second-order valence-electron chi connectivity index (χ2n) is 2.62. The molecule has 0 aliphatic heterocycles. The Morgan fingerprint density at radius 3 is 2.20 bits per heavy atom. The monoisotopic (exact) mass is 250 g/mol. The Bertz CT molecular complexity index is 491. The molecule has 0 spiro atoms. The van der Waals surface area contributed by atoms with E-state index in [1.165, 1.54) is 0 Å².